The molecule has 2 heterocycles. The number of aromatic nitrogens is 2. The maximum Gasteiger partial charge on any atom is 0.330 e. The van der Waals surface area contributed by atoms with Gasteiger partial charge in [-0.2, -0.15) is 0 Å². The van der Waals surface area contributed by atoms with Crippen LogP contribution in [0.15, 0.2) is 15.8 Å². The molecule has 2 rings (SSSR count). The van der Waals surface area contributed by atoms with Crippen molar-refractivity contribution in [2.75, 3.05) is 39.7 Å². The second-order valence-corrected chi connectivity index (χ2v) is 9.01. The first-order chi connectivity index (χ1) is 14.3. The van der Waals surface area contributed by atoms with Crippen LogP contribution in [0.2, 0.25) is 0 Å². The Labute approximate surface area is 174 Å². The lowest BCUT2D eigenvalue weighted by Crippen LogP contribution is -2.40. The Morgan fingerprint density at radius 2 is 1.90 bits per heavy atom. The lowest BCUT2D eigenvalue weighted by molar-refractivity contribution is -0.0798. The number of methoxy groups -OCH3 is 1. The molecule has 0 aromatic carbocycles. The van der Waals surface area contributed by atoms with Gasteiger partial charge in [-0.3, -0.25) is 18.9 Å². The first-order valence-electron chi connectivity index (χ1n) is 9.90. The Morgan fingerprint density at radius 1 is 1.23 bits per heavy atom. The van der Waals surface area contributed by atoms with Crippen molar-refractivity contribution in [3.63, 3.8) is 0 Å². The normalized spacial score (nSPS) is 24.4. The van der Waals surface area contributed by atoms with Gasteiger partial charge in [0.15, 0.2) is 6.23 Å². The van der Waals surface area contributed by atoms with Gasteiger partial charge in [0, 0.05) is 18.9 Å². The zero-order valence-electron chi connectivity index (χ0n) is 17.7. The van der Waals surface area contributed by atoms with Crippen molar-refractivity contribution < 1.29 is 32.9 Å². The Hall–Kier alpha value is -1.33. The van der Waals surface area contributed by atoms with E-state index in [1.54, 1.807) is 20.8 Å². The summed E-state index contributed by atoms with van der Waals surface area (Å²) in [6.45, 7) is 5.88. The van der Waals surface area contributed by atoms with Crippen LogP contribution in [0, 0.1) is 6.92 Å². The molecule has 4 atom stereocenters. The highest BCUT2D eigenvalue weighted by atomic mass is 31.2. The van der Waals surface area contributed by atoms with Crippen LogP contribution < -0.4 is 11.2 Å². The minimum absolute atomic E-state index is 0.0352. The van der Waals surface area contributed by atoms with E-state index >= 15 is 0 Å². The molecule has 30 heavy (non-hydrogen) atoms. The number of nitrogens with zero attached hydrogens (tertiary/aromatic N) is 1. The van der Waals surface area contributed by atoms with Gasteiger partial charge in [-0.1, -0.05) is 0 Å². The predicted molar refractivity (Wildman–Crippen MR) is 108 cm³/mol. The quantitative estimate of drug-likeness (QED) is 0.350. The molecule has 1 aliphatic heterocycles. The third-order valence-corrected chi connectivity index (χ3v) is 6.78. The molecule has 1 fully saturated rings. The molecule has 0 amide bonds. The number of nitrogens with one attached hydrogen (secondary N) is 1. The summed E-state index contributed by atoms with van der Waals surface area (Å²) in [6, 6.07) is 0. The molecule has 2 N–H and O–H groups in total. The standard InChI is InChI=1S/C18H31N2O9P/c1-5-27-30(24,28-6-2)10-7-13-14(21)15(26-9-8-25-4)17(29-13)20-11-12(3)16(22)19-18(20)23/h11,13-15,17,21H,5-10H2,1-4H3,(H,19,22,23)/t13-,14-,15-,17?/m1/s1. The topological polar surface area (TPSA) is 138 Å². The van der Waals surface area contributed by atoms with Crippen LogP contribution in [0.3, 0.4) is 0 Å². The van der Waals surface area contributed by atoms with E-state index < -0.39 is 43.4 Å². The van der Waals surface area contributed by atoms with Crippen LogP contribution >= 0.6 is 7.60 Å². The summed E-state index contributed by atoms with van der Waals surface area (Å²) in [7, 11) is -1.81. The number of hydrogen-bond donors (Lipinski definition) is 2. The van der Waals surface area contributed by atoms with Crippen LogP contribution in [0.5, 0.6) is 0 Å². The van der Waals surface area contributed by atoms with Crippen molar-refractivity contribution in [3.8, 4) is 0 Å². The van der Waals surface area contributed by atoms with Gasteiger partial charge in [0.1, 0.15) is 12.2 Å². The average Bonchev–Trinajstić information content (AvgIpc) is 2.99. The molecule has 1 saturated heterocycles. The van der Waals surface area contributed by atoms with E-state index in [-0.39, 0.29) is 39.0 Å². The molecule has 0 bridgehead atoms. The molecule has 0 saturated carbocycles. The van der Waals surface area contributed by atoms with Gasteiger partial charge in [-0.25, -0.2) is 4.79 Å². The molecule has 11 nitrogen and oxygen atoms in total. The van der Waals surface area contributed by atoms with Gasteiger partial charge < -0.3 is 28.4 Å². The van der Waals surface area contributed by atoms with Crippen LogP contribution in [0.25, 0.3) is 0 Å². The Bertz CT molecular complexity index is 830. The summed E-state index contributed by atoms with van der Waals surface area (Å²) >= 11 is 0. The third kappa shape index (κ3) is 6.10. The summed E-state index contributed by atoms with van der Waals surface area (Å²) in [5, 5.41) is 10.8. The van der Waals surface area contributed by atoms with E-state index in [9.17, 15) is 19.3 Å². The fraction of sp³-hybridized carbons (Fsp3) is 0.778. The molecule has 1 aliphatic rings. The smallest absolute Gasteiger partial charge is 0.330 e. The highest BCUT2D eigenvalue weighted by Gasteiger charge is 2.46. The second kappa shape index (κ2) is 11.3. The van der Waals surface area contributed by atoms with E-state index in [1.807, 2.05) is 0 Å². The Kier molecular flexibility index (Phi) is 9.42. The van der Waals surface area contributed by atoms with Crippen LogP contribution in [0.4, 0.5) is 0 Å². The monoisotopic (exact) mass is 450 g/mol. The Morgan fingerprint density at radius 3 is 2.50 bits per heavy atom. The van der Waals surface area contributed by atoms with Crippen molar-refractivity contribution in [1.29, 1.82) is 0 Å². The first kappa shape index (κ1) is 24.9. The van der Waals surface area contributed by atoms with Crippen molar-refractivity contribution in [2.45, 2.75) is 51.7 Å². The molecule has 0 aliphatic carbocycles. The molecule has 0 spiro atoms. The highest BCUT2D eigenvalue weighted by molar-refractivity contribution is 7.53. The summed E-state index contributed by atoms with van der Waals surface area (Å²) in [4.78, 5) is 26.3. The maximum absolute atomic E-state index is 12.7. The van der Waals surface area contributed by atoms with E-state index in [1.165, 1.54) is 17.9 Å². The van der Waals surface area contributed by atoms with Crippen molar-refractivity contribution in [1.82, 2.24) is 9.55 Å². The summed E-state index contributed by atoms with van der Waals surface area (Å²) in [5.74, 6) is 0. The molecule has 1 unspecified atom stereocenters. The van der Waals surface area contributed by atoms with Gasteiger partial charge in [-0.15, -0.1) is 0 Å². The molecule has 172 valence electrons. The van der Waals surface area contributed by atoms with Crippen molar-refractivity contribution in [2.24, 2.45) is 0 Å². The number of aryl methyl sites for hydroxylation is 1. The van der Waals surface area contributed by atoms with E-state index in [0.29, 0.717) is 5.56 Å². The average molecular weight is 450 g/mol. The lowest BCUT2D eigenvalue weighted by atomic mass is 10.1. The number of rotatable bonds is 12. The van der Waals surface area contributed by atoms with Gasteiger partial charge in [0.25, 0.3) is 5.56 Å². The fourth-order valence-electron chi connectivity index (χ4n) is 3.25. The number of ether oxygens (including phenoxy) is 3. The van der Waals surface area contributed by atoms with Crippen LogP contribution in [-0.2, 0) is 27.8 Å². The highest BCUT2D eigenvalue weighted by Crippen LogP contribution is 2.49. The third-order valence-electron chi connectivity index (χ3n) is 4.67. The molecular weight excluding hydrogens is 419 g/mol. The largest absolute Gasteiger partial charge is 0.388 e. The number of aliphatic hydroxyl groups excluding tert-OH is 1. The Balaban J connectivity index is 2.24. The minimum Gasteiger partial charge on any atom is -0.388 e. The van der Waals surface area contributed by atoms with Crippen molar-refractivity contribution in [3.05, 3.63) is 32.6 Å². The predicted octanol–water partition coefficient (Wildman–Crippen LogP) is 0.791. The summed E-state index contributed by atoms with van der Waals surface area (Å²) in [5.41, 5.74) is -0.875. The summed E-state index contributed by atoms with van der Waals surface area (Å²) < 4.78 is 41.1. The van der Waals surface area contributed by atoms with E-state index in [4.69, 9.17) is 23.3 Å². The number of aliphatic hydroxyl groups is 1. The SMILES string of the molecule is CCOP(=O)(CC[C@H]1OC(n2cc(C)c(=O)[nH]c2=O)[C@H](OCCOC)[C@@H]1O)OCC. The number of aromatic amines is 1. The van der Waals surface area contributed by atoms with E-state index in [2.05, 4.69) is 4.98 Å². The van der Waals surface area contributed by atoms with Gasteiger partial charge >= 0.3 is 13.3 Å². The maximum atomic E-state index is 12.7. The number of hydrogen-bond acceptors (Lipinski definition) is 9. The summed E-state index contributed by atoms with van der Waals surface area (Å²) in [6.07, 6.45) is -2.21. The van der Waals surface area contributed by atoms with E-state index in [0.717, 1.165) is 0 Å². The molecule has 12 heteroatoms. The zero-order valence-corrected chi connectivity index (χ0v) is 18.6. The zero-order chi connectivity index (χ0) is 22.3. The fourth-order valence-corrected chi connectivity index (χ4v) is 4.94. The van der Waals surface area contributed by atoms with Crippen molar-refractivity contribution >= 4 is 7.60 Å². The number of H-pyrrole nitrogens is 1. The van der Waals surface area contributed by atoms with Gasteiger partial charge in [0.2, 0.25) is 0 Å². The molecule has 1 aromatic rings. The molecule has 0 radical (unpaired) electrons. The second-order valence-electron chi connectivity index (χ2n) is 6.82. The lowest BCUT2D eigenvalue weighted by Gasteiger charge is -2.22. The van der Waals surface area contributed by atoms with Gasteiger partial charge in [0.05, 0.1) is 38.7 Å². The molecule has 1 aromatic heterocycles. The molecular formula is C18H31N2O9P. The van der Waals surface area contributed by atoms with Gasteiger partial charge in [-0.05, 0) is 27.2 Å². The first-order valence-corrected chi connectivity index (χ1v) is 11.6. The minimum atomic E-state index is -3.33. The van der Waals surface area contributed by atoms with Crippen LogP contribution in [-0.4, -0.2) is 72.7 Å². The van der Waals surface area contributed by atoms with Crippen LogP contribution in [0.1, 0.15) is 32.1 Å².